The number of hydrogen-bond donors (Lipinski definition) is 0. The molecule has 0 radical (unpaired) electrons. The van der Waals surface area contributed by atoms with Crippen LogP contribution < -0.4 is 5.56 Å². The fourth-order valence-electron chi connectivity index (χ4n) is 2.72. The fourth-order valence-corrected chi connectivity index (χ4v) is 5.41. The van der Waals surface area contributed by atoms with Crippen LogP contribution in [0.4, 0.5) is 0 Å². The number of aromatic nitrogens is 3. The summed E-state index contributed by atoms with van der Waals surface area (Å²) in [4.78, 5) is 33.3. The average molecular weight is 467 g/mol. The Labute approximate surface area is 173 Å². The largest absolute Gasteiger partial charge is 0.336 e. The monoisotopic (exact) mass is 466 g/mol. The highest BCUT2D eigenvalue weighted by atomic mass is 79.9. The number of rotatable bonds is 4. The zero-order valence-electron chi connectivity index (χ0n) is 15.7. The molecule has 0 aromatic carbocycles. The Morgan fingerprint density at radius 2 is 1.93 bits per heavy atom. The van der Waals surface area contributed by atoms with Gasteiger partial charge in [-0.05, 0) is 54.4 Å². The van der Waals surface area contributed by atoms with Crippen molar-refractivity contribution in [2.75, 3.05) is 7.05 Å². The van der Waals surface area contributed by atoms with Crippen LogP contribution in [0.3, 0.4) is 0 Å². The molecular formula is C18H19BrN4O2S2. The van der Waals surface area contributed by atoms with Crippen LogP contribution >= 0.6 is 38.6 Å². The number of aryl methyl sites for hydroxylation is 3. The summed E-state index contributed by atoms with van der Waals surface area (Å²) >= 11 is 6.30. The molecule has 142 valence electrons. The lowest BCUT2D eigenvalue weighted by atomic mass is 10.1. The van der Waals surface area contributed by atoms with E-state index in [1.165, 1.54) is 16.0 Å². The van der Waals surface area contributed by atoms with E-state index < -0.39 is 0 Å². The van der Waals surface area contributed by atoms with Gasteiger partial charge in [0, 0.05) is 19.0 Å². The molecule has 0 aliphatic rings. The van der Waals surface area contributed by atoms with Crippen molar-refractivity contribution in [3.8, 4) is 10.6 Å². The smallest absolute Gasteiger partial charge is 0.277 e. The molecule has 27 heavy (non-hydrogen) atoms. The molecule has 0 bridgehead atoms. The summed E-state index contributed by atoms with van der Waals surface area (Å²) in [6.45, 7) is 6.05. The number of thiophene rings is 1. The van der Waals surface area contributed by atoms with Crippen molar-refractivity contribution in [1.29, 1.82) is 0 Å². The molecular weight excluding hydrogens is 448 g/mol. The molecule has 0 N–H and O–H groups in total. The van der Waals surface area contributed by atoms with Gasteiger partial charge in [-0.1, -0.05) is 0 Å². The van der Waals surface area contributed by atoms with Gasteiger partial charge in [-0.2, -0.15) is 5.10 Å². The molecule has 0 saturated carbocycles. The number of nitrogens with zero attached hydrogens (tertiary/aromatic N) is 4. The zero-order chi connectivity index (χ0) is 19.9. The van der Waals surface area contributed by atoms with Gasteiger partial charge in [0.25, 0.3) is 11.5 Å². The highest BCUT2D eigenvalue weighted by molar-refractivity contribution is 9.11. The van der Waals surface area contributed by atoms with Crippen LogP contribution in [0.25, 0.3) is 10.6 Å². The second-order valence-corrected chi connectivity index (χ2v) is 9.86. The number of carbonyl (C=O) groups is 1. The highest BCUT2D eigenvalue weighted by Crippen LogP contribution is 2.30. The summed E-state index contributed by atoms with van der Waals surface area (Å²) in [5.41, 5.74) is 2.51. The first-order valence-electron chi connectivity index (χ1n) is 8.21. The van der Waals surface area contributed by atoms with E-state index in [0.29, 0.717) is 27.7 Å². The van der Waals surface area contributed by atoms with Gasteiger partial charge in [-0.15, -0.1) is 22.7 Å². The Balaban J connectivity index is 1.95. The summed E-state index contributed by atoms with van der Waals surface area (Å²) in [6, 6.07) is 3.97. The van der Waals surface area contributed by atoms with Crippen LogP contribution in [-0.2, 0) is 13.6 Å². The predicted octanol–water partition coefficient (Wildman–Crippen LogP) is 3.93. The minimum Gasteiger partial charge on any atom is -0.336 e. The number of thiazole rings is 1. The van der Waals surface area contributed by atoms with Crippen molar-refractivity contribution in [1.82, 2.24) is 19.7 Å². The first-order chi connectivity index (χ1) is 12.7. The third-order valence-corrected chi connectivity index (χ3v) is 7.07. The normalized spacial score (nSPS) is 11.0. The number of carbonyl (C=O) groups excluding carboxylic acids is 1. The van der Waals surface area contributed by atoms with E-state index in [9.17, 15) is 9.59 Å². The molecule has 0 spiro atoms. The molecule has 0 fully saturated rings. The molecule has 0 aliphatic carbocycles. The molecule has 0 saturated heterocycles. The van der Waals surface area contributed by atoms with E-state index in [1.54, 1.807) is 37.3 Å². The molecule has 0 atom stereocenters. The summed E-state index contributed by atoms with van der Waals surface area (Å²) in [5.74, 6) is -0.0963. The van der Waals surface area contributed by atoms with E-state index in [0.717, 1.165) is 19.9 Å². The van der Waals surface area contributed by atoms with E-state index >= 15 is 0 Å². The van der Waals surface area contributed by atoms with Gasteiger partial charge in [0.05, 0.1) is 27.3 Å². The quantitative estimate of drug-likeness (QED) is 0.583. The third-order valence-electron chi connectivity index (χ3n) is 4.30. The maximum Gasteiger partial charge on any atom is 0.277 e. The highest BCUT2D eigenvalue weighted by Gasteiger charge is 2.23. The molecule has 3 heterocycles. The van der Waals surface area contributed by atoms with Crippen molar-refractivity contribution in [3.63, 3.8) is 0 Å². The Hall–Kier alpha value is -1.84. The minimum atomic E-state index is -0.206. The number of amides is 1. The Morgan fingerprint density at radius 1 is 1.22 bits per heavy atom. The van der Waals surface area contributed by atoms with Gasteiger partial charge in [0.15, 0.2) is 0 Å². The van der Waals surface area contributed by atoms with Crippen LogP contribution in [0.15, 0.2) is 20.7 Å². The SMILES string of the molecule is Cc1nc(-c2c(C)c(C)nn(C)c2=O)sc1C(=O)N(C)Cc1ccc(Br)s1. The lowest BCUT2D eigenvalue weighted by molar-refractivity contribution is 0.0790. The Morgan fingerprint density at radius 3 is 2.56 bits per heavy atom. The lowest BCUT2D eigenvalue weighted by Crippen LogP contribution is -2.25. The van der Waals surface area contributed by atoms with E-state index in [4.69, 9.17) is 0 Å². The summed E-state index contributed by atoms with van der Waals surface area (Å²) < 4.78 is 2.35. The first-order valence-corrected chi connectivity index (χ1v) is 10.6. The molecule has 3 rings (SSSR count). The maximum absolute atomic E-state index is 12.9. The topological polar surface area (TPSA) is 68.1 Å². The molecule has 3 aromatic heterocycles. The van der Waals surface area contributed by atoms with E-state index in [-0.39, 0.29) is 11.5 Å². The van der Waals surface area contributed by atoms with Crippen molar-refractivity contribution in [3.05, 3.63) is 53.0 Å². The molecule has 3 aromatic rings. The van der Waals surface area contributed by atoms with Gasteiger partial charge in [-0.3, -0.25) is 9.59 Å². The summed E-state index contributed by atoms with van der Waals surface area (Å²) in [6.07, 6.45) is 0. The van der Waals surface area contributed by atoms with Crippen molar-refractivity contribution in [2.45, 2.75) is 27.3 Å². The van der Waals surface area contributed by atoms with Gasteiger partial charge in [-0.25, -0.2) is 9.67 Å². The Kier molecular flexibility index (Phi) is 5.64. The van der Waals surface area contributed by atoms with Crippen LogP contribution in [0.2, 0.25) is 0 Å². The second kappa shape index (κ2) is 7.65. The third kappa shape index (κ3) is 3.90. The van der Waals surface area contributed by atoms with Crippen molar-refractivity contribution >= 4 is 44.5 Å². The van der Waals surface area contributed by atoms with Crippen LogP contribution in [0.5, 0.6) is 0 Å². The molecule has 9 heteroatoms. The molecule has 0 unspecified atom stereocenters. The summed E-state index contributed by atoms with van der Waals surface area (Å²) in [7, 11) is 3.40. The molecule has 6 nitrogen and oxygen atoms in total. The van der Waals surface area contributed by atoms with Crippen LogP contribution in [0.1, 0.15) is 31.5 Å². The van der Waals surface area contributed by atoms with Crippen molar-refractivity contribution in [2.24, 2.45) is 7.05 Å². The molecule has 1 amide bonds. The standard InChI is InChI=1S/C18H19BrN4O2S2/c1-9-10(2)21-23(5)17(24)14(9)16-20-11(3)15(27-16)18(25)22(4)8-12-6-7-13(19)26-12/h6-7H,8H2,1-5H3. The second-order valence-electron chi connectivity index (χ2n) is 6.31. The minimum absolute atomic E-state index is 0.0963. The lowest BCUT2D eigenvalue weighted by Gasteiger charge is -2.15. The zero-order valence-corrected chi connectivity index (χ0v) is 18.9. The van der Waals surface area contributed by atoms with Gasteiger partial charge in [0.2, 0.25) is 0 Å². The average Bonchev–Trinajstić information content (AvgIpc) is 3.18. The predicted molar refractivity (Wildman–Crippen MR) is 113 cm³/mol. The number of halogens is 1. The number of hydrogen-bond acceptors (Lipinski definition) is 6. The van der Waals surface area contributed by atoms with Crippen LogP contribution in [-0.4, -0.2) is 32.6 Å². The fraction of sp³-hybridized carbons (Fsp3) is 0.333. The Bertz CT molecular complexity index is 1080. The maximum atomic E-state index is 12.9. The van der Waals surface area contributed by atoms with Crippen LogP contribution in [0, 0.1) is 20.8 Å². The summed E-state index contributed by atoms with van der Waals surface area (Å²) in [5, 5.41) is 4.77. The van der Waals surface area contributed by atoms with E-state index in [1.807, 2.05) is 26.0 Å². The first kappa shape index (κ1) is 19.9. The van der Waals surface area contributed by atoms with Gasteiger partial charge < -0.3 is 4.90 Å². The molecule has 0 aliphatic heterocycles. The van der Waals surface area contributed by atoms with Crippen molar-refractivity contribution < 1.29 is 4.79 Å². The van der Waals surface area contributed by atoms with E-state index in [2.05, 4.69) is 26.0 Å². The van der Waals surface area contributed by atoms with Gasteiger partial charge >= 0.3 is 0 Å². The van der Waals surface area contributed by atoms with Gasteiger partial charge in [0.1, 0.15) is 9.88 Å².